The van der Waals surface area contributed by atoms with E-state index < -0.39 is 39.1 Å². The first-order valence-corrected chi connectivity index (χ1v) is 12.1. The van der Waals surface area contributed by atoms with Gasteiger partial charge in [-0.1, -0.05) is 24.3 Å². The number of hydrogen-bond donors (Lipinski definition) is 2. The molecule has 2 amide bonds. The predicted molar refractivity (Wildman–Crippen MR) is 118 cm³/mol. The smallest absolute Gasteiger partial charge is 0.408 e. The van der Waals surface area contributed by atoms with E-state index in [1.54, 1.807) is 20.8 Å². The Balaban J connectivity index is 2.03. The van der Waals surface area contributed by atoms with Crippen LogP contribution in [0.2, 0.25) is 0 Å². The molecule has 174 valence electrons. The molecule has 2 unspecified atom stereocenters. The number of nitrogens with one attached hydrogen (secondary N) is 1. The first kappa shape index (κ1) is 25.1. The van der Waals surface area contributed by atoms with Crippen LogP contribution in [0, 0.1) is 12.8 Å². The summed E-state index contributed by atoms with van der Waals surface area (Å²) in [4.78, 5) is 26.0. The normalized spacial score (nSPS) is 20.8. The van der Waals surface area contributed by atoms with E-state index in [1.807, 2.05) is 25.1 Å². The summed E-state index contributed by atoms with van der Waals surface area (Å²) >= 11 is 0. The van der Waals surface area contributed by atoms with Crippen molar-refractivity contribution in [1.29, 1.82) is 0 Å². The largest absolute Gasteiger partial charge is 0.444 e. The third-order valence-electron chi connectivity index (χ3n) is 5.47. The van der Waals surface area contributed by atoms with E-state index >= 15 is 0 Å². The van der Waals surface area contributed by atoms with Crippen molar-refractivity contribution >= 4 is 22.1 Å². The molecule has 0 spiro atoms. The van der Waals surface area contributed by atoms with Gasteiger partial charge in [0.2, 0.25) is 5.91 Å². The molecule has 0 aliphatic carbocycles. The monoisotopic (exact) mass is 454 g/mol. The van der Waals surface area contributed by atoms with Gasteiger partial charge in [0.25, 0.3) is 10.1 Å². The number of benzene rings is 1. The van der Waals surface area contributed by atoms with Crippen LogP contribution < -0.4 is 5.32 Å². The van der Waals surface area contributed by atoms with Gasteiger partial charge in [-0.3, -0.25) is 9.35 Å². The SMILES string of the molecule is Cc1ccccc1CCC1CCN(C(=O)[C@H](C)NC(=O)OC(C)(C)C)C(S(=O)(=O)O)C1. The Morgan fingerprint density at radius 2 is 1.94 bits per heavy atom. The standard InChI is InChI=1S/C22H34N2O6S/c1-15-8-6-7-9-18(15)11-10-17-12-13-24(19(14-17)31(27,28)29)20(25)16(2)23-21(26)30-22(3,4)5/h6-9,16-17,19H,10-14H2,1-5H3,(H,23,26)(H,27,28,29)/t16-,17?,19?/m0/s1. The molecule has 0 saturated carbocycles. The highest BCUT2D eigenvalue weighted by atomic mass is 32.2. The quantitative estimate of drug-likeness (QED) is 0.638. The summed E-state index contributed by atoms with van der Waals surface area (Å²) in [5, 5.41) is 1.12. The van der Waals surface area contributed by atoms with E-state index in [2.05, 4.69) is 11.4 Å². The molecule has 9 heteroatoms. The Morgan fingerprint density at radius 1 is 1.29 bits per heavy atom. The van der Waals surface area contributed by atoms with Crippen LogP contribution in [-0.4, -0.2) is 53.4 Å². The van der Waals surface area contributed by atoms with Crippen LogP contribution in [0.1, 0.15) is 58.1 Å². The van der Waals surface area contributed by atoms with E-state index in [4.69, 9.17) is 4.74 Å². The fraction of sp³-hybridized carbons (Fsp3) is 0.636. The molecule has 1 saturated heterocycles. The van der Waals surface area contributed by atoms with Crippen LogP contribution in [0.3, 0.4) is 0 Å². The summed E-state index contributed by atoms with van der Waals surface area (Å²) in [6.07, 6.45) is 1.60. The van der Waals surface area contributed by atoms with Gasteiger partial charge in [-0.25, -0.2) is 4.79 Å². The van der Waals surface area contributed by atoms with Crippen molar-refractivity contribution in [3.63, 3.8) is 0 Å². The van der Waals surface area contributed by atoms with Crippen LogP contribution in [0.15, 0.2) is 24.3 Å². The first-order chi connectivity index (χ1) is 14.3. The number of alkyl carbamates (subject to hydrolysis) is 1. The Kier molecular flexibility index (Phi) is 8.10. The average molecular weight is 455 g/mol. The molecular weight excluding hydrogens is 420 g/mol. The van der Waals surface area contributed by atoms with Crippen LogP contribution in [0.5, 0.6) is 0 Å². The molecule has 2 N–H and O–H groups in total. The van der Waals surface area contributed by atoms with Crippen molar-refractivity contribution < 1.29 is 27.3 Å². The van der Waals surface area contributed by atoms with E-state index in [1.165, 1.54) is 18.1 Å². The number of aryl methyl sites for hydroxylation is 2. The number of nitrogens with zero attached hydrogens (tertiary/aromatic N) is 1. The van der Waals surface area contributed by atoms with Crippen molar-refractivity contribution in [3.8, 4) is 0 Å². The van der Waals surface area contributed by atoms with Gasteiger partial charge in [0.05, 0.1) is 0 Å². The minimum atomic E-state index is -4.47. The number of ether oxygens (including phenoxy) is 1. The molecule has 1 heterocycles. The Hall–Kier alpha value is -2.13. The topological polar surface area (TPSA) is 113 Å². The zero-order valence-corrected chi connectivity index (χ0v) is 19.7. The summed E-state index contributed by atoms with van der Waals surface area (Å²) in [5.74, 6) is -0.504. The van der Waals surface area contributed by atoms with Crippen molar-refractivity contribution in [2.75, 3.05) is 6.54 Å². The van der Waals surface area contributed by atoms with E-state index in [-0.39, 0.29) is 18.9 Å². The molecule has 0 radical (unpaired) electrons. The second kappa shape index (κ2) is 9.99. The Morgan fingerprint density at radius 3 is 2.52 bits per heavy atom. The number of piperidine rings is 1. The predicted octanol–water partition coefficient (Wildman–Crippen LogP) is 3.29. The van der Waals surface area contributed by atoms with Crippen molar-refractivity contribution in [1.82, 2.24) is 10.2 Å². The maximum atomic E-state index is 12.9. The van der Waals surface area contributed by atoms with Crippen molar-refractivity contribution in [2.45, 2.75) is 77.3 Å². The lowest BCUT2D eigenvalue weighted by Crippen LogP contribution is -2.56. The van der Waals surface area contributed by atoms with Crippen molar-refractivity contribution in [2.24, 2.45) is 5.92 Å². The Labute approximate surface area is 185 Å². The van der Waals surface area contributed by atoms with Crippen molar-refractivity contribution in [3.05, 3.63) is 35.4 Å². The molecule has 1 aliphatic rings. The molecule has 0 aromatic heterocycles. The minimum Gasteiger partial charge on any atom is -0.444 e. The minimum absolute atomic E-state index is 0.0599. The second-order valence-corrected chi connectivity index (χ2v) is 10.8. The van der Waals surface area contributed by atoms with Gasteiger partial charge in [-0.15, -0.1) is 0 Å². The summed E-state index contributed by atoms with van der Waals surface area (Å²) in [7, 11) is -4.47. The molecule has 1 aromatic carbocycles. The molecule has 1 aliphatic heterocycles. The van der Waals surface area contributed by atoms with Gasteiger partial charge in [-0.05, 0) is 77.3 Å². The number of hydrogen-bond acceptors (Lipinski definition) is 5. The zero-order chi connectivity index (χ0) is 23.4. The fourth-order valence-corrected chi connectivity index (χ4v) is 4.88. The number of likely N-dealkylation sites (tertiary alicyclic amines) is 1. The molecule has 8 nitrogen and oxygen atoms in total. The lowest BCUT2D eigenvalue weighted by atomic mass is 9.89. The highest BCUT2D eigenvalue weighted by molar-refractivity contribution is 7.86. The van der Waals surface area contributed by atoms with Gasteiger partial charge < -0.3 is 15.0 Å². The summed E-state index contributed by atoms with van der Waals surface area (Å²) < 4.78 is 39.1. The Bertz CT molecular complexity index is 894. The number of rotatable bonds is 6. The number of carbonyl (C=O) groups excluding carboxylic acids is 2. The molecule has 31 heavy (non-hydrogen) atoms. The van der Waals surface area contributed by atoms with E-state index in [0.29, 0.717) is 6.42 Å². The summed E-state index contributed by atoms with van der Waals surface area (Å²) in [6, 6.07) is 7.06. The molecule has 2 rings (SSSR count). The summed E-state index contributed by atoms with van der Waals surface area (Å²) in [5.41, 5.74) is 1.67. The molecule has 0 bridgehead atoms. The van der Waals surface area contributed by atoms with Crippen LogP contribution in [-0.2, 0) is 26.1 Å². The third-order valence-corrected chi connectivity index (χ3v) is 6.61. The first-order valence-electron chi connectivity index (χ1n) is 10.6. The van der Waals surface area contributed by atoms with Crippen LogP contribution in [0.4, 0.5) is 4.79 Å². The highest BCUT2D eigenvalue weighted by Crippen LogP contribution is 2.30. The third kappa shape index (κ3) is 7.50. The molecule has 1 aromatic rings. The maximum Gasteiger partial charge on any atom is 0.408 e. The van der Waals surface area contributed by atoms with Crippen LogP contribution >= 0.6 is 0 Å². The highest BCUT2D eigenvalue weighted by Gasteiger charge is 2.40. The van der Waals surface area contributed by atoms with E-state index in [9.17, 15) is 22.6 Å². The van der Waals surface area contributed by atoms with Gasteiger partial charge >= 0.3 is 6.09 Å². The van der Waals surface area contributed by atoms with E-state index in [0.717, 1.165) is 17.7 Å². The maximum absolute atomic E-state index is 12.9. The lowest BCUT2D eigenvalue weighted by Gasteiger charge is -2.39. The molecular formula is C22H34N2O6S. The van der Waals surface area contributed by atoms with Gasteiger partial charge in [0.1, 0.15) is 11.6 Å². The summed E-state index contributed by atoms with van der Waals surface area (Å²) in [6.45, 7) is 8.82. The number of carbonyl (C=O) groups is 2. The lowest BCUT2D eigenvalue weighted by molar-refractivity contribution is -0.135. The van der Waals surface area contributed by atoms with Gasteiger partial charge in [-0.2, -0.15) is 8.42 Å². The average Bonchev–Trinajstić information content (AvgIpc) is 2.64. The van der Waals surface area contributed by atoms with Crippen LogP contribution in [0.25, 0.3) is 0 Å². The molecule has 3 atom stereocenters. The van der Waals surface area contributed by atoms with Gasteiger partial charge in [0, 0.05) is 6.54 Å². The second-order valence-electron chi connectivity index (χ2n) is 9.22. The van der Waals surface area contributed by atoms with Gasteiger partial charge in [0.15, 0.2) is 5.37 Å². The molecule has 1 fully saturated rings. The fourth-order valence-electron chi connectivity index (χ4n) is 3.84. The zero-order valence-electron chi connectivity index (χ0n) is 18.9. The number of amides is 2.